The normalized spacial score (nSPS) is 17.1. The molecule has 0 aliphatic carbocycles. The van der Waals surface area contributed by atoms with Crippen LogP contribution in [0.1, 0.15) is 31.1 Å². The van der Waals surface area contributed by atoms with E-state index in [4.69, 9.17) is 9.57 Å². The molecule has 10 heteroatoms. The fraction of sp³-hybridized carbons (Fsp3) is 0.389. The number of hydrogen-bond donors (Lipinski definition) is 0. The molecule has 1 aliphatic rings. The van der Waals surface area contributed by atoms with E-state index in [0.717, 1.165) is 14.2 Å². The molecule has 1 aliphatic heterocycles. The lowest BCUT2D eigenvalue weighted by atomic mass is 9.93. The zero-order valence-electron chi connectivity index (χ0n) is 16.0. The number of Topliss-reactive ketones (excluding diaryl/α,β-unsaturated/α-hetero) is 1. The summed E-state index contributed by atoms with van der Waals surface area (Å²) in [7, 11) is 2.22. The van der Waals surface area contributed by atoms with Crippen molar-refractivity contribution >= 4 is 23.4 Å². The van der Waals surface area contributed by atoms with Crippen LogP contribution in [0.5, 0.6) is 0 Å². The first-order valence-corrected chi connectivity index (χ1v) is 8.19. The Kier molecular flexibility index (Phi) is 5.84. The first kappa shape index (κ1) is 21.0. The number of hydroxylamine groups is 2. The summed E-state index contributed by atoms with van der Waals surface area (Å²) in [6.45, 7) is 5.16. The number of methoxy groups -OCH3 is 2. The lowest BCUT2D eigenvalue weighted by Gasteiger charge is -2.34. The van der Waals surface area contributed by atoms with Crippen molar-refractivity contribution in [2.75, 3.05) is 14.2 Å². The van der Waals surface area contributed by atoms with Gasteiger partial charge in [0.05, 0.1) is 19.1 Å². The molecule has 0 saturated heterocycles. The molecule has 1 aromatic carbocycles. The minimum absolute atomic E-state index is 0.0981. The number of carbonyl (C=O) groups is 3. The van der Waals surface area contributed by atoms with Crippen LogP contribution in [0.25, 0.3) is 0 Å². The maximum atomic E-state index is 13.2. The quantitative estimate of drug-likeness (QED) is 0.319. The third-order valence-corrected chi connectivity index (χ3v) is 3.99. The highest BCUT2D eigenvalue weighted by atomic mass is 16.7. The van der Waals surface area contributed by atoms with Crippen molar-refractivity contribution in [3.05, 3.63) is 51.3 Å². The number of carbonyl (C=O) groups excluding carboxylic acids is 3. The average molecular weight is 392 g/mol. The number of non-ortho nitro benzene ring substituents is 1. The minimum Gasteiger partial charge on any atom is -0.465 e. The molecule has 10 nitrogen and oxygen atoms in total. The van der Waals surface area contributed by atoms with Crippen LogP contribution >= 0.6 is 0 Å². The second kappa shape index (κ2) is 7.77. The number of nitrogens with zero attached hydrogens (tertiary/aromatic N) is 2. The molecule has 150 valence electrons. The summed E-state index contributed by atoms with van der Waals surface area (Å²) in [6.07, 6.45) is 0. The number of ether oxygens (including phenoxy) is 2. The Morgan fingerprint density at radius 1 is 1.07 bits per heavy atom. The summed E-state index contributed by atoms with van der Waals surface area (Å²) >= 11 is 0. The Bertz CT molecular complexity index is 851. The topological polar surface area (TPSA) is 125 Å². The van der Waals surface area contributed by atoms with Gasteiger partial charge in [0.1, 0.15) is 11.6 Å². The maximum Gasteiger partial charge on any atom is 0.376 e. The molecule has 0 N–H and O–H groups in total. The van der Waals surface area contributed by atoms with E-state index in [1.807, 2.05) is 0 Å². The van der Waals surface area contributed by atoms with Gasteiger partial charge >= 0.3 is 11.9 Å². The van der Waals surface area contributed by atoms with Gasteiger partial charge in [-0.2, -0.15) is 0 Å². The smallest absolute Gasteiger partial charge is 0.376 e. The third-order valence-electron chi connectivity index (χ3n) is 3.99. The fourth-order valence-corrected chi connectivity index (χ4v) is 2.66. The van der Waals surface area contributed by atoms with Crippen molar-refractivity contribution in [3.8, 4) is 0 Å². The molecule has 0 spiro atoms. The van der Waals surface area contributed by atoms with Gasteiger partial charge in [-0.15, -0.1) is 5.06 Å². The Morgan fingerprint density at radius 3 is 2.04 bits per heavy atom. The van der Waals surface area contributed by atoms with E-state index in [1.165, 1.54) is 29.3 Å². The molecule has 0 amide bonds. The molecular formula is C18H20N2O8. The van der Waals surface area contributed by atoms with Gasteiger partial charge in [0.2, 0.25) is 5.76 Å². The van der Waals surface area contributed by atoms with E-state index in [9.17, 15) is 24.5 Å². The van der Waals surface area contributed by atoms with Gasteiger partial charge in [-0.3, -0.25) is 14.9 Å². The lowest BCUT2D eigenvalue weighted by Crippen LogP contribution is -2.49. The predicted octanol–water partition coefficient (Wildman–Crippen LogP) is 1.79. The Balaban J connectivity index is 2.59. The summed E-state index contributed by atoms with van der Waals surface area (Å²) in [5, 5.41) is 12.0. The number of ketones is 1. The summed E-state index contributed by atoms with van der Waals surface area (Å²) < 4.78 is 9.39. The van der Waals surface area contributed by atoms with Crippen LogP contribution in [-0.2, 0) is 23.9 Å². The number of nitro benzene ring substituents is 1. The van der Waals surface area contributed by atoms with Crippen LogP contribution in [-0.4, -0.2) is 53.5 Å². The molecule has 0 saturated carbocycles. The molecule has 1 aromatic rings. The van der Waals surface area contributed by atoms with Gasteiger partial charge in [-0.25, -0.2) is 9.59 Å². The number of rotatable bonds is 5. The number of nitro groups is 1. The van der Waals surface area contributed by atoms with Crippen LogP contribution < -0.4 is 0 Å². The van der Waals surface area contributed by atoms with Crippen LogP contribution in [0.15, 0.2) is 35.6 Å². The van der Waals surface area contributed by atoms with Gasteiger partial charge in [0.25, 0.3) is 5.69 Å². The highest BCUT2D eigenvalue weighted by Gasteiger charge is 2.50. The van der Waals surface area contributed by atoms with Crippen molar-refractivity contribution in [1.82, 2.24) is 5.06 Å². The van der Waals surface area contributed by atoms with Crippen LogP contribution in [0.4, 0.5) is 5.69 Å². The predicted molar refractivity (Wildman–Crippen MR) is 94.9 cm³/mol. The second-order valence-electron chi connectivity index (χ2n) is 6.88. The van der Waals surface area contributed by atoms with Gasteiger partial charge in [0.15, 0.2) is 5.78 Å². The standard InChI is InChI=1S/C18H20N2O8/c1-18(2,3)19-13(12(16(22)26-4)15(28-19)17(23)27-5)14(21)10-6-8-11(9-7-10)20(24)25/h6-9,13H,1-5H3. The van der Waals surface area contributed by atoms with Crippen LogP contribution in [0.3, 0.4) is 0 Å². The van der Waals surface area contributed by atoms with E-state index >= 15 is 0 Å². The lowest BCUT2D eigenvalue weighted by molar-refractivity contribution is -0.384. The molecular weight excluding hydrogens is 372 g/mol. The van der Waals surface area contributed by atoms with Crippen LogP contribution in [0, 0.1) is 10.1 Å². The molecule has 2 rings (SSSR count). The monoisotopic (exact) mass is 392 g/mol. The molecule has 0 radical (unpaired) electrons. The Hall–Kier alpha value is -3.27. The fourth-order valence-electron chi connectivity index (χ4n) is 2.66. The molecule has 0 bridgehead atoms. The van der Waals surface area contributed by atoms with Gasteiger partial charge in [-0.05, 0) is 32.9 Å². The van der Waals surface area contributed by atoms with Crippen LogP contribution in [0.2, 0.25) is 0 Å². The largest absolute Gasteiger partial charge is 0.465 e. The van der Waals surface area contributed by atoms with Gasteiger partial charge < -0.3 is 14.3 Å². The summed E-state index contributed by atoms with van der Waals surface area (Å²) in [5.74, 6) is -2.89. The Morgan fingerprint density at radius 2 is 1.61 bits per heavy atom. The minimum atomic E-state index is -1.30. The van der Waals surface area contributed by atoms with Crippen molar-refractivity contribution < 1.29 is 33.6 Å². The number of hydrogen-bond acceptors (Lipinski definition) is 9. The second-order valence-corrected chi connectivity index (χ2v) is 6.88. The van der Waals surface area contributed by atoms with Gasteiger partial charge in [0, 0.05) is 23.2 Å². The third kappa shape index (κ3) is 3.86. The van der Waals surface area contributed by atoms with E-state index in [1.54, 1.807) is 20.8 Å². The van der Waals surface area contributed by atoms with Crippen molar-refractivity contribution in [3.63, 3.8) is 0 Å². The first-order chi connectivity index (χ1) is 13.0. The molecule has 0 fully saturated rings. The summed E-state index contributed by atoms with van der Waals surface area (Å²) in [4.78, 5) is 53.4. The molecule has 1 atom stereocenters. The van der Waals surface area contributed by atoms with Crippen molar-refractivity contribution in [2.24, 2.45) is 0 Å². The maximum absolute atomic E-state index is 13.2. The van der Waals surface area contributed by atoms with E-state index < -0.39 is 40.0 Å². The molecule has 1 heterocycles. The van der Waals surface area contributed by atoms with E-state index in [0.29, 0.717) is 0 Å². The summed E-state index contributed by atoms with van der Waals surface area (Å²) in [6, 6.07) is 3.59. The van der Waals surface area contributed by atoms with Gasteiger partial charge in [-0.1, -0.05) is 0 Å². The van der Waals surface area contributed by atoms with Crippen molar-refractivity contribution in [1.29, 1.82) is 0 Å². The van der Waals surface area contributed by atoms with Crippen molar-refractivity contribution in [2.45, 2.75) is 32.4 Å². The zero-order chi connectivity index (χ0) is 21.2. The Labute approximate surface area is 160 Å². The van der Waals surface area contributed by atoms with E-state index in [2.05, 4.69) is 4.74 Å². The average Bonchev–Trinajstić information content (AvgIpc) is 3.07. The molecule has 28 heavy (non-hydrogen) atoms. The number of benzene rings is 1. The first-order valence-electron chi connectivity index (χ1n) is 8.19. The summed E-state index contributed by atoms with van der Waals surface area (Å²) in [5.41, 5.74) is -1.18. The zero-order valence-corrected chi connectivity index (χ0v) is 16.0. The molecule has 0 aromatic heterocycles. The highest BCUT2D eigenvalue weighted by Crippen LogP contribution is 2.35. The molecule has 1 unspecified atom stereocenters. The number of esters is 2. The van der Waals surface area contributed by atoms with E-state index in [-0.39, 0.29) is 16.8 Å². The highest BCUT2D eigenvalue weighted by molar-refractivity contribution is 6.11. The SMILES string of the molecule is COC(=O)C1=C(C(=O)OC)C(C(=O)c2ccc([N+](=O)[O-])cc2)N(C(C)(C)C)O1.